The fourth-order valence-corrected chi connectivity index (χ4v) is 2.95. The molecule has 2 aromatic carbocycles. The lowest BCUT2D eigenvalue weighted by molar-refractivity contribution is -0.385. The van der Waals surface area contributed by atoms with Gasteiger partial charge in [0, 0.05) is 30.3 Å². The highest BCUT2D eigenvalue weighted by Crippen LogP contribution is 2.14. The number of ether oxygens (including phenoxy) is 1. The first kappa shape index (κ1) is 27.6. The SMILES string of the molecule is COC(=O)[C@@H](N)Cc1ccc([N+](=O)[O-])cc1.NCCCC[C@@H](N)Cc1ccc([N+](=O)[O-])cc1. The Kier molecular flexibility index (Phi) is 12.2. The number of carbonyl (C=O) groups is 1. The molecule has 0 spiro atoms. The zero-order chi connectivity index (χ0) is 24.8. The number of nitrogens with zero attached hydrogens (tertiary/aromatic N) is 2. The molecule has 0 aromatic heterocycles. The highest BCUT2D eigenvalue weighted by Gasteiger charge is 2.14. The molecule has 0 aliphatic rings. The summed E-state index contributed by atoms with van der Waals surface area (Å²) in [6.45, 7) is 0.699. The normalized spacial score (nSPS) is 12.1. The van der Waals surface area contributed by atoms with Gasteiger partial charge in [0.05, 0.1) is 17.0 Å². The third-order valence-corrected chi connectivity index (χ3v) is 4.78. The highest BCUT2D eigenvalue weighted by molar-refractivity contribution is 5.75. The van der Waals surface area contributed by atoms with E-state index in [-0.39, 0.29) is 17.4 Å². The second-order valence-corrected chi connectivity index (χ2v) is 7.43. The van der Waals surface area contributed by atoms with E-state index in [0.717, 1.165) is 36.8 Å². The number of esters is 1. The number of nitro groups is 2. The summed E-state index contributed by atoms with van der Waals surface area (Å²) < 4.78 is 4.47. The molecule has 11 nitrogen and oxygen atoms in total. The molecule has 0 heterocycles. The lowest BCUT2D eigenvalue weighted by Gasteiger charge is -2.10. The number of nitrogens with two attached hydrogens (primary N) is 3. The molecule has 6 N–H and O–H groups in total. The van der Waals surface area contributed by atoms with Crippen LogP contribution in [0.5, 0.6) is 0 Å². The summed E-state index contributed by atoms with van der Waals surface area (Å²) in [4.78, 5) is 31.0. The van der Waals surface area contributed by atoms with E-state index in [2.05, 4.69) is 4.74 Å². The lowest BCUT2D eigenvalue weighted by Crippen LogP contribution is -2.33. The average Bonchev–Trinajstić information content (AvgIpc) is 2.79. The quantitative estimate of drug-likeness (QED) is 0.195. The Morgan fingerprint density at radius 3 is 1.73 bits per heavy atom. The van der Waals surface area contributed by atoms with Gasteiger partial charge in [-0.25, -0.2) is 0 Å². The molecule has 2 rings (SSSR count). The van der Waals surface area contributed by atoms with Crippen molar-refractivity contribution in [2.45, 2.75) is 44.2 Å². The summed E-state index contributed by atoms with van der Waals surface area (Å²) in [6.07, 6.45) is 4.01. The molecule has 33 heavy (non-hydrogen) atoms. The highest BCUT2D eigenvalue weighted by atomic mass is 16.6. The first-order valence-corrected chi connectivity index (χ1v) is 10.4. The Morgan fingerprint density at radius 1 is 0.879 bits per heavy atom. The lowest BCUT2D eigenvalue weighted by atomic mass is 10.0. The van der Waals surface area contributed by atoms with Crippen LogP contribution in [0.1, 0.15) is 30.4 Å². The number of methoxy groups -OCH3 is 1. The van der Waals surface area contributed by atoms with Gasteiger partial charge in [-0.15, -0.1) is 0 Å². The first-order chi connectivity index (χ1) is 15.7. The van der Waals surface area contributed by atoms with Crippen molar-refractivity contribution in [2.24, 2.45) is 17.2 Å². The molecular weight excluding hydrogens is 430 g/mol. The van der Waals surface area contributed by atoms with Crippen LogP contribution in [-0.4, -0.2) is 41.6 Å². The number of non-ortho nitro benzene ring substituents is 2. The predicted octanol–water partition coefficient (Wildman–Crippen LogP) is 2.23. The fraction of sp³-hybridized carbons (Fsp3) is 0.409. The van der Waals surface area contributed by atoms with Crippen molar-refractivity contribution < 1.29 is 19.4 Å². The fourth-order valence-electron chi connectivity index (χ4n) is 2.95. The Hall–Kier alpha value is -3.41. The van der Waals surface area contributed by atoms with Crippen molar-refractivity contribution in [3.8, 4) is 0 Å². The van der Waals surface area contributed by atoms with Crippen LogP contribution in [0.25, 0.3) is 0 Å². The molecule has 0 aliphatic carbocycles. The Balaban J connectivity index is 0.000000331. The second kappa shape index (κ2) is 14.6. The molecule has 0 fully saturated rings. The molecule has 2 atom stereocenters. The van der Waals surface area contributed by atoms with Gasteiger partial charge in [-0.3, -0.25) is 25.0 Å². The van der Waals surface area contributed by atoms with Gasteiger partial charge in [0.25, 0.3) is 11.4 Å². The van der Waals surface area contributed by atoms with E-state index in [9.17, 15) is 25.0 Å². The number of hydrogen-bond acceptors (Lipinski definition) is 9. The third kappa shape index (κ3) is 10.6. The smallest absolute Gasteiger partial charge is 0.322 e. The molecule has 0 aliphatic heterocycles. The number of nitro benzene ring substituents is 2. The van der Waals surface area contributed by atoms with Gasteiger partial charge in [-0.1, -0.05) is 30.7 Å². The van der Waals surface area contributed by atoms with E-state index in [0.29, 0.717) is 13.0 Å². The van der Waals surface area contributed by atoms with E-state index < -0.39 is 21.9 Å². The minimum absolute atomic E-state index is 0.00962. The number of unbranched alkanes of at least 4 members (excludes halogenated alkanes) is 1. The number of rotatable bonds is 11. The van der Waals surface area contributed by atoms with Gasteiger partial charge < -0.3 is 21.9 Å². The predicted molar refractivity (Wildman–Crippen MR) is 124 cm³/mol. The van der Waals surface area contributed by atoms with Crippen LogP contribution in [0.4, 0.5) is 11.4 Å². The van der Waals surface area contributed by atoms with Crippen LogP contribution in [0.15, 0.2) is 48.5 Å². The summed E-state index contributed by atoms with van der Waals surface area (Å²) in [5, 5.41) is 20.9. The van der Waals surface area contributed by atoms with Gasteiger partial charge in [-0.2, -0.15) is 0 Å². The Labute approximate surface area is 192 Å². The second-order valence-electron chi connectivity index (χ2n) is 7.43. The van der Waals surface area contributed by atoms with E-state index >= 15 is 0 Å². The van der Waals surface area contributed by atoms with Crippen LogP contribution in [0.3, 0.4) is 0 Å². The largest absolute Gasteiger partial charge is 0.468 e. The van der Waals surface area contributed by atoms with Crippen molar-refractivity contribution in [3.05, 3.63) is 79.9 Å². The molecule has 0 saturated carbocycles. The van der Waals surface area contributed by atoms with Gasteiger partial charge in [-0.05, 0) is 43.4 Å². The van der Waals surface area contributed by atoms with Crippen molar-refractivity contribution in [1.82, 2.24) is 0 Å². The van der Waals surface area contributed by atoms with Gasteiger partial charge >= 0.3 is 5.97 Å². The van der Waals surface area contributed by atoms with Gasteiger partial charge in [0.15, 0.2) is 0 Å². The van der Waals surface area contributed by atoms with Crippen LogP contribution >= 0.6 is 0 Å². The maximum absolute atomic E-state index is 11.0. The average molecular weight is 462 g/mol. The summed E-state index contributed by atoms with van der Waals surface area (Å²) in [6, 6.07) is 11.8. The molecule has 0 amide bonds. The molecule has 180 valence electrons. The van der Waals surface area contributed by atoms with Crippen LogP contribution < -0.4 is 17.2 Å². The van der Waals surface area contributed by atoms with E-state index in [1.54, 1.807) is 24.3 Å². The number of benzene rings is 2. The molecular formula is C22H31N5O6. The van der Waals surface area contributed by atoms with E-state index in [1.165, 1.54) is 31.4 Å². The minimum atomic E-state index is -0.744. The first-order valence-electron chi connectivity index (χ1n) is 10.4. The standard InChI is InChI=1S/C12H19N3O2.C10H12N2O4/c13-8-2-1-3-11(14)9-10-4-6-12(7-5-10)15(16)17;1-16-10(13)9(11)6-7-2-4-8(5-3-7)12(14)15/h4-7,11H,1-3,8-9,13-14H2;2-5,9H,6,11H2,1H3/t11-;9-/m10/s1. The molecule has 2 aromatic rings. The summed E-state index contributed by atoms with van der Waals surface area (Å²) in [5.41, 5.74) is 18.8. The van der Waals surface area contributed by atoms with Crippen LogP contribution in [0.2, 0.25) is 0 Å². The summed E-state index contributed by atoms with van der Waals surface area (Å²) >= 11 is 0. The zero-order valence-corrected chi connectivity index (χ0v) is 18.6. The van der Waals surface area contributed by atoms with Gasteiger partial charge in [0.2, 0.25) is 0 Å². The maximum Gasteiger partial charge on any atom is 0.322 e. The van der Waals surface area contributed by atoms with E-state index in [1.807, 2.05) is 0 Å². The molecule has 0 unspecified atom stereocenters. The number of hydrogen-bond donors (Lipinski definition) is 3. The zero-order valence-electron chi connectivity index (χ0n) is 18.6. The van der Waals surface area contributed by atoms with Crippen molar-refractivity contribution in [3.63, 3.8) is 0 Å². The van der Waals surface area contributed by atoms with Crippen molar-refractivity contribution >= 4 is 17.3 Å². The van der Waals surface area contributed by atoms with Crippen molar-refractivity contribution in [2.75, 3.05) is 13.7 Å². The van der Waals surface area contributed by atoms with Crippen LogP contribution in [0, 0.1) is 20.2 Å². The third-order valence-electron chi connectivity index (χ3n) is 4.78. The molecule has 0 bridgehead atoms. The molecule has 0 saturated heterocycles. The summed E-state index contributed by atoms with van der Waals surface area (Å²) in [7, 11) is 1.26. The summed E-state index contributed by atoms with van der Waals surface area (Å²) in [5.74, 6) is -0.502. The van der Waals surface area contributed by atoms with E-state index in [4.69, 9.17) is 17.2 Å². The van der Waals surface area contributed by atoms with Gasteiger partial charge in [0.1, 0.15) is 6.04 Å². The minimum Gasteiger partial charge on any atom is -0.468 e. The Morgan fingerprint density at radius 2 is 1.33 bits per heavy atom. The topological polar surface area (TPSA) is 191 Å². The van der Waals surface area contributed by atoms with Crippen LogP contribution in [-0.2, 0) is 22.4 Å². The maximum atomic E-state index is 11.0. The van der Waals surface area contributed by atoms with Crippen molar-refractivity contribution in [1.29, 1.82) is 0 Å². The monoisotopic (exact) mass is 461 g/mol. The molecule has 11 heteroatoms. The number of carbonyl (C=O) groups excluding carboxylic acids is 1. The Bertz CT molecular complexity index is 889. The molecule has 0 radical (unpaired) electrons.